The van der Waals surface area contributed by atoms with Gasteiger partial charge in [0.2, 0.25) is 0 Å². The highest BCUT2D eigenvalue weighted by atomic mass is 19.4. The molecule has 0 bridgehead atoms. The van der Waals surface area contributed by atoms with Gasteiger partial charge in [0.1, 0.15) is 5.82 Å². The lowest BCUT2D eigenvalue weighted by atomic mass is 10.0. The van der Waals surface area contributed by atoms with E-state index in [2.05, 4.69) is 5.32 Å². The van der Waals surface area contributed by atoms with E-state index in [1.54, 1.807) is 7.05 Å². The van der Waals surface area contributed by atoms with Crippen LogP contribution in [-0.2, 0) is 6.18 Å². The molecule has 0 radical (unpaired) electrons. The first-order valence-electron chi connectivity index (χ1n) is 6.67. The number of nitrogens with one attached hydrogen (secondary N) is 1. The predicted octanol–water partition coefficient (Wildman–Crippen LogP) is 2.67. The molecule has 21 heavy (non-hydrogen) atoms. The van der Waals surface area contributed by atoms with Gasteiger partial charge >= 0.3 is 6.18 Å². The van der Waals surface area contributed by atoms with Crippen molar-refractivity contribution in [3.8, 4) is 0 Å². The topological polar surface area (TPSA) is 32.3 Å². The van der Waals surface area contributed by atoms with Gasteiger partial charge in [0, 0.05) is 19.1 Å². The molecule has 1 aromatic rings. The van der Waals surface area contributed by atoms with Crippen molar-refractivity contribution in [3.05, 3.63) is 35.1 Å². The number of carbonyl (C=O) groups is 1. The van der Waals surface area contributed by atoms with Gasteiger partial charge in [-0.25, -0.2) is 4.39 Å². The van der Waals surface area contributed by atoms with Gasteiger partial charge in [0.25, 0.3) is 5.91 Å². The van der Waals surface area contributed by atoms with Crippen LogP contribution < -0.4 is 5.32 Å². The van der Waals surface area contributed by atoms with Gasteiger partial charge in [0.05, 0.1) is 11.1 Å². The molecular weight excluding hydrogens is 288 g/mol. The van der Waals surface area contributed by atoms with Crippen LogP contribution in [0.1, 0.15) is 28.8 Å². The van der Waals surface area contributed by atoms with Crippen LogP contribution in [0.2, 0.25) is 0 Å². The zero-order valence-corrected chi connectivity index (χ0v) is 11.5. The predicted molar refractivity (Wildman–Crippen MR) is 69.4 cm³/mol. The maximum Gasteiger partial charge on any atom is 0.419 e. The monoisotopic (exact) mass is 304 g/mol. The standard InChI is InChI=1S/C14H16F4N2O/c1-19-9-4-3-7-20(8-9)13(21)10-5-2-6-11(12(10)15)14(16,17)18/h2,5-6,9,19H,3-4,7-8H2,1H3. The summed E-state index contributed by atoms with van der Waals surface area (Å²) >= 11 is 0. The lowest BCUT2D eigenvalue weighted by Gasteiger charge is -2.32. The smallest absolute Gasteiger partial charge is 0.337 e. The Morgan fingerprint density at radius 1 is 1.38 bits per heavy atom. The van der Waals surface area contributed by atoms with Gasteiger partial charge in [0.15, 0.2) is 0 Å². The molecule has 0 aromatic heterocycles. The van der Waals surface area contributed by atoms with E-state index in [1.807, 2.05) is 0 Å². The molecule has 0 saturated carbocycles. The van der Waals surface area contributed by atoms with Gasteiger partial charge in [-0.1, -0.05) is 6.07 Å². The highest BCUT2D eigenvalue weighted by Gasteiger charge is 2.36. The van der Waals surface area contributed by atoms with Crippen molar-refractivity contribution in [2.24, 2.45) is 0 Å². The number of carbonyl (C=O) groups excluding carboxylic acids is 1. The van der Waals surface area contributed by atoms with Crippen LogP contribution in [-0.4, -0.2) is 37.0 Å². The van der Waals surface area contributed by atoms with E-state index in [0.29, 0.717) is 19.2 Å². The van der Waals surface area contributed by atoms with Crippen molar-refractivity contribution in [1.29, 1.82) is 0 Å². The highest BCUT2D eigenvalue weighted by molar-refractivity contribution is 5.94. The first kappa shape index (κ1) is 15.8. The van der Waals surface area contributed by atoms with Crippen molar-refractivity contribution in [2.75, 3.05) is 20.1 Å². The number of benzene rings is 1. The molecule has 1 atom stereocenters. The lowest BCUT2D eigenvalue weighted by Crippen LogP contribution is -2.47. The van der Waals surface area contributed by atoms with Crippen LogP contribution in [0, 0.1) is 5.82 Å². The number of alkyl halides is 3. The molecule has 1 amide bonds. The third-order valence-electron chi connectivity index (χ3n) is 3.65. The number of nitrogens with zero attached hydrogens (tertiary/aromatic N) is 1. The number of likely N-dealkylation sites (tertiary alicyclic amines) is 1. The Bertz CT molecular complexity index is 530. The minimum atomic E-state index is -4.81. The molecule has 1 unspecified atom stereocenters. The Kier molecular flexibility index (Phi) is 4.51. The van der Waals surface area contributed by atoms with E-state index in [0.717, 1.165) is 25.0 Å². The number of hydrogen-bond donors (Lipinski definition) is 1. The average Bonchev–Trinajstić information content (AvgIpc) is 2.45. The van der Waals surface area contributed by atoms with Crippen molar-refractivity contribution < 1.29 is 22.4 Å². The third-order valence-corrected chi connectivity index (χ3v) is 3.65. The SMILES string of the molecule is CNC1CCCN(C(=O)c2cccc(C(F)(F)F)c2F)C1. The molecule has 1 saturated heterocycles. The molecule has 116 valence electrons. The fourth-order valence-corrected chi connectivity index (χ4v) is 2.48. The minimum Gasteiger partial charge on any atom is -0.337 e. The summed E-state index contributed by atoms with van der Waals surface area (Å²) in [6, 6.07) is 2.87. The summed E-state index contributed by atoms with van der Waals surface area (Å²) in [5.41, 5.74) is -1.93. The molecule has 7 heteroatoms. The summed E-state index contributed by atoms with van der Waals surface area (Å²) in [6.45, 7) is 0.789. The summed E-state index contributed by atoms with van der Waals surface area (Å²) in [5.74, 6) is -2.19. The van der Waals surface area contributed by atoms with Gasteiger partial charge < -0.3 is 10.2 Å². The van der Waals surface area contributed by atoms with Gasteiger partial charge in [-0.15, -0.1) is 0 Å². The Hall–Kier alpha value is -1.63. The van der Waals surface area contributed by atoms with Crippen molar-refractivity contribution in [1.82, 2.24) is 10.2 Å². The van der Waals surface area contributed by atoms with Gasteiger partial charge in [-0.3, -0.25) is 4.79 Å². The largest absolute Gasteiger partial charge is 0.419 e. The number of halogens is 4. The van der Waals surface area contributed by atoms with Crippen LogP contribution >= 0.6 is 0 Å². The van der Waals surface area contributed by atoms with Crippen molar-refractivity contribution >= 4 is 5.91 Å². The lowest BCUT2D eigenvalue weighted by molar-refractivity contribution is -0.140. The van der Waals surface area contributed by atoms with Crippen LogP contribution in [0.4, 0.5) is 17.6 Å². The number of rotatable bonds is 2. The van der Waals surface area contributed by atoms with E-state index in [1.165, 1.54) is 4.90 Å². The van der Waals surface area contributed by atoms with Gasteiger partial charge in [-0.2, -0.15) is 13.2 Å². The summed E-state index contributed by atoms with van der Waals surface area (Å²) in [4.78, 5) is 13.6. The van der Waals surface area contributed by atoms with E-state index in [4.69, 9.17) is 0 Å². The molecule has 0 spiro atoms. The van der Waals surface area contributed by atoms with Crippen LogP contribution in [0.3, 0.4) is 0 Å². The summed E-state index contributed by atoms with van der Waals surface area (Å²) < 4.78 is 52.0. The van der Waals surface area contributed by atoms with Crippen LogP contribution in [0.25, 0.3) is 0 Å². The van der Waals surface area contributed by atoms with E-state index >= 15 is 0 Å². The fourth-order valence-electron chi connectivity index (χ4n) is 2.48. The molecule has 3 nitrogen and oxygen atoms in total. The molecule has 1 aromatic carbocycles. The summed E-state index contributed by atoms with van der Waals surface area (Å²) in [7, 11) is 1.75. The van der Waals surface area contributed by atoms with E-state index in [9.17, 15) is 22.4 Å². The highest BCUT2D eigenvalue weighted by Crippen LogP contribution is 2.32. The molecule has 0 aliphatic carbocycles. The Labute approximate surface area is 119 Å². The fraction of sp³-hybridized carbons (Fsp3) is 0.500. The van der Waals surface area contributed by atoms with Crippen LogP contribution in [0.15, 0.2) is 18.2 Å². The first-order valence-corrected chi connectivity index (χ1v) is 6.67. The van der Waals surface area contributed by atoms with E-state index < -0.39 is 29.0 Å². The molecule has 2 rings (SSSR count). The Balaban J connectivity index is 2.27. The second-order valence-corrected chi connectivity index (χ2v) is 5.04. The number of likely N-dealkylation sites (N-methyl/N-ethyl adjacent to an activating group) is 1. The average molecular weight is 304 g/mol. The number of hydrogen-bond acceptors (Lipinski definition) is 2. The Morgan fingerprint density at radius 3 is 2.71 bits per heavy atom. The Morgan fingerprint density at radius 2 is 2.10 bits per heavy atom. The third kappa shape index (κ3) is 3.34. The zero-order chi connectivity index (χ0) is 15.6. The molecule has 1 aliphatic heterocycles. The van der Waals surface area contributed by atoms with Crippen molar-refractivity contribution in [3.63, 3.8) is 0 Å². The maximum atomic E-state index is 14.0. The summed E-state index contributed by atoms with van der Waals surface area (Å²) in [5, 5.41) is 3.02. The number of amides is 1. The molecule has 1 fully saturated rings. The quantitative estimate of drug-likeness (QED) is 0.852. The number of piperidine rings is 1. The van der Waals surface area contributed by atoms with Crippen LogP contribution in [0.5, 0.6) is 0 Å². The second kappa shape index (κ2) is 6.01. The first-order chi connectivity index (χ1) is 9.84. The summed E-state index contributed by atoms with van der Waals surface area (Å²) in [6.07, 6.45) is -3.20. The van der Waals surface area contributed by atoms with Crippen molar-refractivity contribution in [2.45, 2.75) is 25.1 Å². The zero-order valence-electron chi connectivity index (χ0n) is 11.5. The normalized spacial score (nSPS) is 19.7. The molecule has 1 aliphatic rings. The minimum absolute atomic E-state index is 0.0801. The second-order valence-electron chi connectivity index (χ2n) is 5.04. The molecule has 1 heterocycles. The molecule has 1 N–H and O–H groups in total. The molecular formula is C14H16F4N2O. The van der Waals surface area contributed by atoms with E-state index in [-0.39, 0.29) is 6.04 Å². The van der Waals surface area contributed by atoms with Gasteiger partial charge in [-0.05, 0) is 32.0 Å². The maximum absolute atomic E-state index is 14.0.